The van der Waals surface area contributed by atoms with Crippen LogP contribution in [0.2, 0.25) is 10.0 Å². The van der Waals surface area contributed by atoms with Crippen molar-refractivity contribution in [1.29, 1.82) is 5.26 Å². The molecular weight excluding hydrogens is 655 g/mol. The summed E-state index contributed by atoms with van der Waals surface area (Å²) in [6, 6.07) is 12.3. The summed E-state index contributed by atoms with van der Waals surface area (Å²) in [5, 5.41) is 25.6. The number of carbonyl (C=O) groups is 3. The van der Waals surface area contributed by atoms with Gasteiger partial charge in [-0.3, -0.25) is 9.59 Å². The number of nitriles is 1. The molecule has 13 heteroatoms. The number of ether oxygens (including phenoxy) is 2. The van der Waals surface area contributed by atoms with Crippen LogP contribution in [0.15, 0.2) is 54.6 Å². The molecule has 3 aromatic carbocycles. The predicted octanol–water partition coefficient (Wildman–Crippen LogP) is 6.87. The molecule has 4 unspecified atom stereocenters. The molecule has 47 heavy (non-hydrogen) atoms. The van der Waals surface area contributed by atoms with Gasteiger partial charge in [-0.15, -0.1) is 0 Å². The lowest BCUT2D eigenvalue weighted by molar-refractivity contribution is -0.137. The number of aliphatic carboxylic acids is 1. The summed E-state index contributed by atoms with van der Waals surface area (Å²) < 4.78 is 42.1. The molecule has 9 nitrogen and oxygen atoms in total. The van der Waals surface area contributed by atoms with Gasteiger partial charge in [-0.1, -0.05) is 62.2 Å². The minimum Gasteiger partial charge on any atom is -0.495 e. The second kappa shape index (κ2) is 14.3. The zero-order valence-electron chi connectivity index (χ0n) is 26.0. The molecule has 3 N–H and O–H groups in total. The van der Waals surface area contributed by atoms with Gasteiger partial charge < -0.3 is 25.2 Å². The molecule has 1 saturated heterocycles. The molecule has 0 radical (unpaired) electrons. The van der Waals surface area contributed by atoms with E-state index in [1.54, 1.807) is 0 Å². The molecule has 0 spiro atoms. The van der Waals surface area contributed by atoms with Crippen LogP contribution in [0.25, 0.3) is 0 Å². The van der Waals surface area contributed by atoms with Crippen LogP contribution in [0.3, 0.4) is 0 Å². The SMILES string of the molecule is COc1cc(C(=O)OCCC(=O)O)ccc1NC(=O)C1NC(CC(C)(C)C)C(C#N)(c2ccc(Cl)cc2F)C1c1cccc(Cl)c1F. The molecule has 0 aliphatic carbocycles. The van der Waals surface area contributed by atoms with Gasteiger partial charge >= 0.3 is 11.9 Å². The van der Waals surface area contributed by atoms with Crippen LogP contribution < -0.4 is 15.4 Å². The maximum atomic E-state index is 15.9. The highest BCUT2D eigenvalue weighted by molar-refractivity contribution is 6.31. The molecule has 248 valence electrons. The Morgan fingerprint density at radius 1 is 1.11 bits per heavy atom. The Hall–Kier alpha value is -4.24. The first-order valence-corrected chi connectivity index (χ1v) is 15.3. The predicted molar refractivity (Wildman–Crippen MR) is 172 cm³/mol. The van der Waals surface area contributed by atoms with Crippen molar-refractivity contribution in [1.82, 2.24) is 5.32 Å². The molecule has 0 aromatic heterocycles. The van der Waals surface area contributed by atoms with Crippen molar-refractivity contribution < 1.29 is 37.7 Å². The van der Waals surface area contributed by atoms with Crippen LogP contribution in [-0.4, -0.2) is 48.8 Å². The third-order valence-electron chi connectivity index (χ3n) is 7.98. The maximum absolute atomic E-state index is 15.9. The second-order valence-corrected chi connectivity index (χ2v) is 13.2. The van der Waals surface area contributed by atoms with Crippen molar-refractivity contribution in [2.75, 3.05) is 19.0 Å². The Bertz CT molecular complexity index is 1740. The number of halogens is 4. The van der Waals surface area contributed by atoms with Crippen LogP contribution in [0, 0.1) is 28.4 Å². The molecule has 3 aromatic rings. The summed E-state index contributed by atoms with van der Waals surface area (Å²) in [6.07, 6.45) is -0.0901. The quantitative estimate of drug-likeness (QED) is 0.196. The molecule has 1 heterocycles. The van der Waals surface area contributed by atoms with Gasteiger partial charge in [-0.25, -0.2) is 13.6 Å². The Kier molecular flexibility index (Phi) is 10.8. The smallest absolute Gasteiger partial charge is 0.338 e. The molecule has 4 rings (SSSR count). The molecule has 1 aliphatic rings. The third-order valence-corrected chi connectivity index (χ3v) is 8.50. The van der Waals surface area contributed by atoms with E-state index >= 15 is 8.78 Å². The number of carbonyl (C=O) groups excluding carboxylic acids is 2. The lowest BCUT2D eigenvalue weighted by Crippen LogP contribution is -2.45. The Morgan fingerprint density at radius 3 is 2.45 bits per heavy atom. The van der Waals surface area contributed by atoms with Crippen LogP contribution in [-0.2, 0) is 19.7 Å². The number of benzene rings is 3. The molecule has 0 saturated carbocycles. The van der Waals surface area contributed by atoms with Gasteiger partial charge in [0, 0.05) is 22.5 Å². The van der Waals surface area contributed by atoms with Gasteiger partial charge in [0.25, 0.3) is 0 Å². The van der Waals surface area contributed by atoms with Crippen molar-refractivity contribution in [3.05, 3.63) is 93.0 Å². The topological polar surface area (TPSA) is 138 Å². The van der Waals surface area contributed by atoms with Gasteiger partial charge in [0.1, 0.15) is 29.4 Å². The maximum Gasteiger partial charge on any atom is 0.338 e. The van der Waals surface area contributed by atoms with Gasteiger partial charge in [-0.2, -0.15) is 5.26 Å². The van der Waals surface area contributed by atoms with E-state index in [0.717, 1.165) is 6.07 Å². The minimum absolute atomic E-state index is 0.0371. The van der Waals surface area contributed by atoms with Crippen LogP contribution >= 0.6 is 23.2 Å². The second-order valence-electron chi connectivity index (χ2n) is 12.4. The summed E-state index contributed by atoms with van der Waals surface area (Å²) in [4.78, 5) is 37.4. The number of nitrogens with one attached hydrogen (secondary N) is 2. The number of amides is 1. The van der Waals surface area contributed by atoms with Gasteiger partial charge in [0.2, 0.25) is 5.91 Å². The molecule has 1 fully saturated rings. The molecule has 1 aliphatic heterocycles. The third kappa shape index (κ3) is 7.51. The Balaban J connectivity index is 1.83. The molecular formula is C34H33Cl2F2N3O6. The number of nitrogens with zero attached hydrogens (tertiary/aromatic N) is 1. The summed E-state index contributed by atoms with van der Waals surface area (Å²) in [6.45, 7) is 5.44. The highest BCUT2D eigenvalue weighted by atomic mass is 35.5. The lowest BCUT2D eigenvalue weighted by Gasteiger charge is -2.37. The number of rotatable bonds is 10. The molecule has 1 amide bonds. The number of anilines is 1. The number of methoxy groups -OCH3 is 1. The molecule has 4 atom stereocenters. The number of esters is 1. The summed E-state index contributed by atoms with van der Waals surface area (Å²) >= 11 is 12.3. The van der Waals surface area contributed by atoms with Crippen molar-refractivity contribution in [2.24, 2.45) is 5.41 Å². The highest BCUT2D eigenvalue weighted by Crippen LogP contribution is 2.53. The fraction of sp³-hybridized carbons (Fsp3) is 0.353. The standard InChI is InChI=1S/C34H33Cl2F2N3O6/c1-33(2,3)16-26-34(17-39,21-10-9-19(35)15-23(21)37)28(20-6-5-7-22(36)29(20)38)30(41-26)31(44)40-24-11-8-18(14-25(24)46-4)32(45)47-13-12-27(42)43/h5-11,14-15,26,28,30,41H,12-13,16H2,1-4H3,(H,40,44)(H,42,43). The lowest BCUT2D eigenvalue weighted by atomic mass is 9.62. The van der Waals surface area contributed by atoms with Gasteiger partial charge in [0.15, 0.2) is 0 Å². The van der Waals surface area contributed by atoms with E-state index in [4.69, 9.17) is 37.8 Å². The van der Waals surface area contributed by atoms with E-state index < -0.39 is 58.3 Å². The summed E-state index contributed by atoms with van der Waals surface area (Å²) in [5.41, 5.74) is -2.20. The largest absolute Gasteiger partial charge is 0.495 e. The average Bonchev–Trinajstić information content (AvgIpc) is 3.31. The van der Waals surface area contributed by atoms with E-state index in [1.807, 2.05) is 20.8 Å². The Morgan fingerprint density at radius 2 is 1.83 bits per heavy atom. The molecule has 0 bridgehead atoms. The zero-order chi connectivity index (χ0) is 34.7. The van der Waals surface area contributed by atoms with E-state index in [1.165, 1.54) is 55.6 Å². The van der Waals surface area contributed by atoms with Crippen molar-refractivity contribution in [2.45, 2.75) is 57.0 Å². The van der Waals surface area contributed by atoms with Crippen molar-refractivity contribution >= 4 is 46.7 Å². The fourth-order valence-electron chi connectivity index (χ4n) is 6.00. The van der Waals surface area contributed by atoms with Crippen LogP contribution in [0.5, 0.6) is 5.75 Å². The first-order valence-electron chi connectivity index (χ1n) is 14.6. The van der Waals surface area contributed by atoms with E-state index in [-0.39, 0.29) is 57.6 Å². The average molecular weight is 689 g/mol. The summed E-state index contributed by atoms with van der Waals surface area (Å²) in [7, 11) is 1.31. The van der Waals surface area contributed by atoms with Crippen LogP contribution in [0.4, 0.5) is 14.5 Å². The minimum atomic E-state index is -1.82. The van der Waals surface area contributed by atoms with E-state index in [2.05, 4.69) is 16.7 Å². The van der Waals surface area contributed by atoms with E-state index in [9.17, 15) is 19.6 Å². The normalized spacial score (nSPS) is 20.7. The zero-order valence-corrected chi connectivity index (χ0v) is 27.5. The number of carboxylic acid groups (broad SMARTS) is 1. The first-order chi connectivity index (χ1) is 22.1. The fourth-order valence-corrected chi connectivity index (χ4v) is 6.34. The van der Waals surface area contributed by atoms with Crippen LogP contribution in [0.1, 0.15) is 61.0 Å². The van der Waals surface area contributed by atoms with Crippen molar-refractivity contribution in [3.63, 3.8) is 0 Å². The van der Waals surface area contributed by atoms with Crippen molar-refractivity contribution in [3.8, 4) is 11.8 Å². The first kappa shape index (κ1) is 35.6. The van der Waals surface area contributed by atoms with Gasteiger partial charge in [0.05, 0.1) is 41.9 Å². The number of hydrogen-bond acceptors (Lipinski definition) is 7. The monoisotopic (exact) mass is 687 g/mol. The Labute approximate surface area is 280 Å². The summed E-state index contributed by atoms with van der Waals surface area (Å²) in [5.74, 6) is -5.50. The number of carboxylic acids is 1. The van der Waals surface area contributed by atoms with Gasteiger partial charge in [-0.05, 0) is 53.8 Å². The number of hydrogen-bond donors (Lipinski definition) is 3. The van der Waals surface area contributed by atoms with E-state index in [0.29, 0.717) is 0 Å². The highest BCUT2D eigenvalue weighted by Gasteiger charge is 2.61.